The van der Waals surface area contributed by atoms with Gasteiger partial charge < -0.3 is 9.47 Å². The molecule has 1 heterocycles. The Balaban J connectivity index is 2.55. The Morgan fingerprint density at radius 3 is 2.70 bits per heavy atom. The number of hydrogen-bond acceptors (Lipinski definition) is 4. The summed E-state index contributed by atoms with van der Waals surface area (Å²) in [6.07, 6.45) is 2.74. The molecule has 1 fully saturated rings. The zero-order chi connectivity index (χ0) is 15.2. The number of ether oxygens (including phenoxy) is 2. The van der Waals surface area contributed by atoms with E-state index in [-0.39, 0.29) is 5.97 Å². The summed E-state index contributed by atoms with van der Waals surface area (Å²) in [4.78, 5) is 25.7. The third kappa shape index (κ3) is 4.81. The molecule has 0 aromatic heterocycles. The van der Waals surface area contributed by atoms with Gasteiger partial charge in [-0.3, -0.25) is 4.90 Å². The summed E-state index contributed by atoms with van der Waals surface area (Å²) in [6.45, 7) is 6.75. The molecule has 1 saturated heterocycles. The summed E-state index contributed by atoms with van der Waals surface area (Å²) in [5.41, 5.74) is -0.499. The molecular formula is C14H27NO4Si. The lowest BCUT2D eigenvalue weighted by atomic mass is 10.1. The molecule has 0 spiro atoms. The lowest BCUT2D eigenvalue weighted by Crippen LogP contribution is -2.44. The van der Waals surface area contributed by atoms with Crippen molar-refractivity contribution in [3.05, 3.63) is 0 Å². The maximum Gasteiger partial charge on any atom is 0.411 e. The number of esters is 1. The van der Waals surface area contributed by atoms with Crippen LogP contribution in [0.5, 0.6) is 0 Å². The Kier molecular flexibility index (Phi) is 6.52. The molecule has 0 saturated carbocycles. The van der Waals surface area contributed by atoms with Crippen LogP contribution in [0.2, 0.25) is 6.04 Å². The van der Waals surface area contributed by atoms with Crippen molar-refractivity contribution in [1.82, 2.24) is 4.90 Å². The summed E-state index contributed by atoms with van der Waals surface area (Å²) >= 11 is 0. The van der Waals surface area contributed by atoms with Crippen molar-refractivity contribution in [2.45, 2.75) is 64.1 Å². The van der Waals surface area contributed by atoms with E-state index in [1.165, 1.54) is 4.90 Å². The minimum Gasteiger partial charge on any atom is -0.464 e. The highest BCUT2D eigenvalue weighted by Crippen LogP contribution is 2.23. The van der Waals surface area contributed by atoms with Crippen molar-refractivity contribution in [2.75, 3.05) is 13.2 Å². The van der Waals surface area contributed by atoms with E-state index >= 15 is 0 Å². The van der Waals surface area contributed by atoms with Crippen LogP contribution in [0.4, 0.5) is 4.79 Å². The van der Waals surface area contributed by atoms with E-state index < -0.39 is 17.7 Å². The topological polar surface area (TPSA) is 55.8 Å². The lowest BCUT2D eigenvalue weighted by molar-refractivity contribution is -0.148. The van der Waals surface area contributed by atoms with Gasteiger partial charge in [-0.25, -0.2) is 9.59 Å². The molecule has 1 unspecified atom stereocenters. The molecule has 1 amide bonds. The maximum atomic E-state index is 12.2. The smallest absolute Gasteiger partial charge is 0.411 e. The highest BCUT2D eigenvalue weighted by atomic mass is 28.1. The summed E-state index contributed by atoms with van der Waals surface area (Å²) < 4.78 is 10.7. The highest BCUT2D eigenvalue weighted by Gasteiger charge is 2.37. The van der Waals surface area contributed by atoms with Crippen molar-refractivity contribution >= 4 is 22.3 Å². The molecule has 0 radical (unpaired) electrons. The van der Waals surface area contributed by atoms with Gasteiger partial charge in [0.05, 0.1) is 6.61 Å². The van der Waals surface area contributed by atoms with E-state index in [4.69, 9.17) is 9.47 Å². The van der Waals surface area contributed by atoms with E-state index in [9.17, 15) is 9.59 Å². The van der Waals surface area contributed by atoms with Crippen LogP contribution in [-0.4, -0.2) is 52.0 Å². The second-order valence-corrected chi connectivity index (χ2v) is 6.85. The third-order valence-electron chi connectivity index (χ3n) is 3.72. The number of likely N-dealkylation sites (tertiary alicyclic amines) is 1. The number of carbonyl (C=O) groups excluding carboxylic acids is 2. The van der Waals surface area contributed by atoms with Gasteiger partial charge in [-0.1, -0.05) is 13.0 Å². The first-order valence-electron chi connectivity index (χ1n) is 7.57. The third-order valence-corrected chi connectivity index (χ3v) is 4.42. The number of carbonyl (C=O) groups is 2. The highest BCUT2D eigenvalue weighted by molar-refractivity contribution is 6.08. The van der Waals surface area contributed by atoms with Crippen molar-refractivity contribution < 1.29 is 19.1 Å². The summed E-state index contributed by atoms with van der Waals surface area (Å²) in [5, 5.41) is 0. The molecule has 0 N–H and O–H groups in total. The SMILES string of the molecule is CCC(C)(C)OC(=O)N1CCCC1C(=O)OCCC[SiH3]. The number of rotatable bonds is 6. The molecule has 1 atom stereocenters. The fraction of sp³-hybridized carbons (Fsp3) is 0.857. The van der Waals surface area contributed by atoms with Crippen LogP contribution >= 0.6 is 0 Å². The van der Waals surface area contributed by atoms with Crippen LogP contribution in [0.1, 0.15) is 46.5 Å². The van der Waals surface area contributed by atoms with Crippen molar-refractivity contribution in [1.29, 1.82) is 0 Å². The molecule has 0 bridgehead atoms. The molecule has 6 heteroatoms. The molecule has 116 valence electrons. The molecule has 1 aliphatic heterocycles. The van der Waals surface area contributed by atoms with E-state index in [0.29, 0.717) is 19.6 Å². The summed E-state index contributed by atoms with van der Waals surface area (Å²) in [7, 11) is 1.12. The fourth-order valence-electron chi connectivity index (χ4n) is 2.01. The van der Waals surface area contributed by atoms with Gasteiger partial charge in [0.1, 0.15) is 11.6 Å². The van der Waals surface area contributed by atoms with Gasteiger partial charge in [-0.15, -0.1) is 0 Å². The Morgan fingerprint density at radius 1 is 1.40 bits per heavy atom. The zero-order valence-corrected chi connectivity index (χ0v) is 15.1. The predicted molar refractivity (Wildman–Crippen MR) is 80.9 cm³/mol. The Hall–Kier alpha value is -1.04. The minimum absolute atomic E-state index is 0.288. The van der Waals surface area contributed by atoms with Crippen molar-refractivity contribution in [3.8, 4) is 0 Å². The average molecular weight is 301 g/mol. The Morgan fingerprint density at radius 2 is 2.10 bits per heavy atom. The normalized spacial score (nSPS) is 19.1. The predicted octanol–water partition coefficient (Wildman–Crippen LogP) is 1.49. The van der Waals surface area contributed by atoms with Crippen LogP contribution in [0.3, 0.4) is 0 Å². The first-order valence-corrected chi connectivity index (χ1v) is 8.99. The van der Waals surface area contributed by atoms with Crippen LogP contribution in [0.25, 0.3) is 0 Å². The van der Waals surface area contributed by atoms with Gasteiger partial charge >= 0.3 is 12.1 Å². The van der Waals surface area contributed by atoms with E-state index in [0.717, 1.165) is 35.5 Å². The van der Waals surface area contributed by atoms with Gasteiger partial charge in [0, 0.05) is 16.8 Å². The number of amides is 1. The fourth-order valence-corrected chi connectivity index (χ4v) is 2.30. The summed E-state index contributed by atoms with van der Waals surface area (Å²) in [6, 6.07) is 0.651. The first-order chi connectivity index (χ1) is 9.41. The van der Waals surface area contributed by atoms with Gasteiger partial charge in [-0.2, -0.15) is 0 Å². The molecule has 0 aromatic rings. The first kappa shape index (κ1) is 17.0. The van der Waals surface area contributed by atoms with E-state index in [1.54, 1.807) is 0 Å². The Labute approximate surface area is 124 Å². The maximum absolute atomic E-state index is 12.2. The standard InChI is InChI=1S/C14H27NO4Si/c1-4-14(2,3)19-13(17)15-8-5-7-11(15)12(16)18-9-6-10-20/h11H,4-10H2,1-3,20H3. The summed E-state index contributed by atoms with van der Waals surface area (Å²) in [5.74, 6) is -0.288. The molecule has 0 aliphatic carbocycles. The van der Waals surface area contributed by atoms with Gasteiger partial charge in [-0.05, 0) is 39.5 Å². The minimum atomic E-state index is -0.499. The van der Waals surface area contributed by atoms with Crippen LogP contribution in [0.15, 0.2) is 0 Å². The molecule has 1 aliphatic rings. The van der Waals surface area contributed by atoms with Gasteiger partial charge in [0.25, 0.3) is 0 Å². The number of hydrogen-bond donors (Lipinski definition) is 0. The Bertz CT molecular complexity index is 346. The molecule has 1 rings (SSSR count). The second-order valence-electron chi connectivity index (χ2n) is 5.85. The quantitative estimate of drug-likeness (QED) is 0.424. The largest absolute Gasteiger partial charge is 0.464 e. The monoisotopic (exact) mass is 301 g/mol. The average Bonchev–Trinajstić information content (AvgIpc) is 2.87. The van der Waals surface area contributed by atoms with Gasteiger partial charge in [0.2, 0.25) is 0 Å². The van der Waals surface area contributed by atoms with E-state index in [2.05, 4.69) is 0 Å². The molecular weight excluding hydrogens is 274 g/mol. The van der Waals surface area contributed by atoms with E-state index in [1.807, 2.05) is 20.8 Å². The lowest BCUT2D eigenvalue weighted by Gasteiger charge is -2.29. The van der Waals surface area contributed by atoms with Crippen LogP contribution < -0.4 is 0 Å². The van der Waals surface area contributed by atoms with Gasteiger partial charge in [0.15, 0.2) is 0 Å². The van der Waals surface area contributed by atoms with Crippen molar-refractivity contribution in [3.63, 3.8) is 0 Å². The zero-order valence-electron chi connectivity index (χ0n) is 13.1. The molecule has 20 heavy (non-hydrogen) atoms. The van der Waals surface area contributed by atoms with Crippen LogP contribution in [-0.2, 0) is 14.3 Å². The van der Waals surface area contributed by atoms with Crippen molar-refractivity contribution in [2.24, 2.45) is 0 Å². The number of nitrogens with zero attached hydrogens (tertiary/aromatic N) is 1. The second kappa shape index (κ2) is 7.66. The molecule has 5 nitrogen and oxygen atoms in total. The van der Waals surface area contributed by atoms with Crippen LogP contribution in [0, 0.1) is 0 Å². The molecule has 0 aromatic carbocycles.